The molecule has 1 fully saturated rings. The van der Waals surface area contributed by atoms with E-state index in [4.69, 9.17) is 11.6 Å². The van der Waals surface area contributed by atoms with E-state index in [2.05, 4.69) is 15.6 Å². The van der Waals surface area contributed by atoms with Gasteiger partial charge in [-0.3, -0.25) is 9.80 Å². The number of nitrogens with one attached hydrogen (secondary N) is 1. The first-order valence-corrected chi connectivity index (χ1v) is 6.35. The minimum atomic E-state index is -0.118. The first kappa shape index (κ1) is 17.7. The van der Waals surface area contributed by atoms with Crippen LogP contribution in [0.3, 0.4) is 0 Å². The van der Waals surface area contributed by atoms with Crippen molar-refractivity contribution < 1.29 is 4.79 Å². The van der Waals surface area contributed by atoms with Crippen LogP contribution in [-0.4, -0.2) is 39.0 Å². The molecule has 114 valence electrons. The van der Waals surface area contributed by atoms with Crippen LogP contribution in [0.25, 0.3) is 5.69 Å². The van der Waals surface area contributed by atoms with Gasteiger partial charge in [0.1, 0.15) is 0 Å². The van der Waals surface area contributed by atoms with Gasteiger partial charge in [-0.15, -0.1) is 24.8 Å². The lowest BCUT2D eigenvalue weighted by molar-refractivity contribution is 0.0726. The third-order valence-electron chi connectivity index (χ3n) is 2.93. The molecule has 0 spiro atoms. The van der Waals surface area contributed by atoms with Gasteiger partial charge in [0.05, 0.1) is 23.6 Å². The normalized spacial score (nSPS) is 13.5. The van der Waals surface area contributed by atoms with E-state index in [1.165, 1.54) is 4.80 Å². The van der Waals surface area contributed by atoms with E-state index >= 15 is 0 Å². The standard InChI is InChI=1S/C12H12ClN5O.2ClH/c13-9-2-3-11(18-15-5-6-16-18)10(8-9)12(19)17-7-1-4-14-17;;/h2-3,5-6,8,14H,1,4,7H2;2*1H. The van der Waals surface area contributed by atoms with Gasteiger partial charge in [-0.1, -0.05) is 11.6 Å². The Hall–Kier alpha value is -1.34. The van der Waals surface area contributed by atoms with Crippen LogP contribution < -0.4 is 5.43 Å². The molecule has 9 heteroatoms. The molecule has 1 amide bonds. The summed E-state index contributed by atoms with van der Waals surface area (Å²) in [4.78, 5) is 13.9. The summed E-state index contributed by atoms with van der Waals surface area (Å²) in [6, 6.07) is 5.10. The maximum absolute atomic E-state index is 12.5. The summed E-state index contributed by atoms with van der Waals surface area (Å²) >= 11 is 5.99. The molecule has 6 nitrogen and oxygen atoms in total. The first-order chi connectivity index (χ1) is 9.25. The molecule has 2 aromatic rings. The summed E-state index contributed by atoms with van der Waals surface area (Å²) in [5.41, 5.74) is 4.14. The molecule has 1 aliphatic heterocycles. The highest BCUT2D eigenvalue weighted by atomic mass is 35.5. The number of aromatic nitrogens is 3. The molecule has 1 aromatic carbocycles. The second-order valence-electron chi connectivity index (χ2n) is 4.20. The molecule has 0 saturated carbocycles. The SMILES string of the molecule is Cl.Cl.O=C(c1cc(Cl)ccc1-n1nccn1)N1CCCN1. The maximum atomic E-state index is 12.5. The Morgan fingerprint density at radius 2 is 1.95 bits per heavy atom. The van der Waals surface area contributed by atoms with Gasteiger partial charge in [0, 0.05) is 18.1 Å². The summed E-state index contributed by atoms with van der Waals surface area (Å²) in [6.45, 7) is 1.50. The lowest BCUT2D eigenvalue weighted by Crippen LogP contribution is -2.37. The van der Waals surface area contributed by atoms with Crippen LogP contribution in [0.1, 0.15) is 16.8 Å². The molecule has 21 heavy (non-hydrogen) atoms. The predicted molar refractivity (Wildman–Crippen MR) is 84.5 cm³/mol. The second kappa shape index (κ2) is 7.61. The Bertz CT molecular complexity index is 599. The molecule has 0 bridgehead atoms. The predicted octanol–water partition coefficient (Wildman–Crippen LogP) is 2.11. The Balaban J connectivity index is 0.00000110. The maximum Gasteiger partial charge on any atom is 0.270 e. The summed E-state index contributed by atoms with van der Waals surface area (Å²) in [5, 5.41) is 10.2. The van der Waals surface area contributed by atoms with Crippen LogP contribution in [0.4, 0.5) is 0 Å². The van der Waals surface area contributed by atoms with Crippen molar-refractivity contribution in [2.75, 3.05) is 13.1 Å². The average molecular weight is 351 g/mol. The molecule has 2 heterocycles. The Labute approximate surface area is 139 Å². The van der Waals surface area contributed by atoms with Crippen molar-refractivity contribution in [3.05, 3.63) is 41.2 Å². The van der Waals surface area contributed by atoms with Crippen molar-refractivity contribution in [1.82, 2.24) is 25.4 Å². The molecule has 1 N–H and O–H groups in total. The van der Waals surface area contributed by atoms with E-state index in [9.17, 15) is 4.79 Å². The monoisotopic (exact) mass is 349 g/mol. The van der Waals surface area contributed by atoms with Crippen molar-refractivity contribution in [1.29, 1.82) is 0 Å². The molecule has 0 aliphatic carbocycles. The van der Waals surface area contributed by atoms with E-state index in [-0.39, 0.29) is 30.7 Å². The zero-order chi connectivity index (χ0) is 13.2. The van der Waals surface area contributed by atoms with Crippen LogP contribution in [0, 0.1) is 0 Å². The topological polar surface area (TPSA) is 63.1 Å². The summed E-state index contributed by atoms with van der Waals surface area (Å²) in [5.74, 6) is -0.118. The Kier molecular flexibility index (Phi) is 6.42. The number of hydrogen-bond donors (Lipinski definition) is 1. The van der Waals surface area contributed by atoms with Gasteiger partial charge in [-0.25, -0.2) is 5.43 Å². The minimum Gasteiger partial charge on any atom is -0.274 e. The van der Waals surface area contributed by atoms with Crippen LogP contribution in [0.2, 0.25) is 5.02 Å². The van der Waals surface area contributed by atoms with E-state index in [0.29, 0.717) is 22.8 Å². The fraction of sp³-hybridized carbons (Fsp3) is 0.250. The molecule has 1 aliphatic rings. The van der Waals surface area contributed by atoms with Gasteiger partial charge >= 0.3 is 0 Å². The van der Waals surface area contributed by atoms with E-state index in [1.807, 2.05) is 0 Å². The zero-order valence-corrected chi connectivity index (χ0v) is 13.3. The third kappa shape index (κ3) is 3.65. The van der Waals surface area contributed by atoms with Gasteiger partial charge in [0.15, 0.2) is 0 Å². The van der Waals surface area contributed by atoms with E-state index < -0.39 is 0 Å². The van der Waals surface area contributed by atoms with Crippen molar-refractivity contribution in [3.63, 3.8) is 0 Å². The highest BCUT2D eigenvalue weighted by Gasteiger charge is 2.23. The Morgan fingerprint density at radius 3 is 2.57 bits per heavy atom. The van der Waals surface area contributed by atoms with Gasteiger partial charge in [-0.05, 0) is 24.6 Å². The number of hydrogen-bond acceptors (Lipinski definition) is 4. The minimum absolute atomic E-state index is 0. The number of halogens is 3. The number of rotatable bonds is 2. The molecular weight excluding hydrogens is 337 g/mol. The van der Waals surface area contributed by atoms with E-state index in [1.54, 1.807) is 35.6 Å². The highest BCUT2D eigenvalue weighted by molar-refractivity contribution is 6.31. The number of hydrazine groups is 1. The van der Waals surface area contributed by atoms with Crippen LogP contribution in [-0.2, 0) is 0 Å². The van der Waals surface area contributed by atoms with Gasteiger partial charge in [-0.2, -0.15) is 15.0 Å². The van der Waals surface area contributed by atoms with Crippen molar-refractivity contribution in [2.24, 2.45) is 0 Å². The smallest absolute Gasteiger partial charge is 0.270 e. The lowest BCUT2D eigenvalue weighted by Gasteiger charge is -2.17. The van der Waals surface area contributed by atoms with Gasteiger partial charge in [0.2, 0.25) is 0 Å². The zero-order valence-electron chi connectivity index (χ0n) is 10.9. The largest absolute Gasteiger partial charge is 0.274 e. The second-order valence-corrected chi connectivity index (χ2v) is 4.63. The highest BCUT2D eigenvalue weighted by Crippen LogP contribution is 2.20. The van der Waals surface area contributed by atoms with Gasteiger partial charge < -0.3 is 0 Å². The number of nitrogens with zero attached hydrogens (tertiary/aromatic N) is 4. The third-order valence-corrected chi connectivity index (χ3v) is 3.16. The van der Waals surface area contributed by atoms with Crippen molar-refractivity contribution >= 4 is 42.3 Å². The summed E-state index contributed by atoms with van der Waals surface area (Å²) in [6.07, 6.45) is 4.08. The number of amides is 1. The number of carbonyl (C=O) groups excluding carboxylic acids is 1. The molecule has 1 saturated heterocycles. The van der Waals surface area contributed by atoms with Crippen LogP contribution >= 0.6 is 36.4 Å². The molecule has 0 unspecified atom stereocenters. The van der Waals surface area contributed by atoms with Crippen molar-refractivity contribution in [2.45, 2.75) is 6.42 Å². The lowest BCUT2D eigenvalue weighted by atomic mass is 10.1. The average Bonchev–Trinajstić information content (AvgIpc) is 3.11. The van der Waals surface area contributed by atoms with Crippen molar-refractivity contribution in [3.8, 4) is 5.69 Å². The van der Waals surface area contributed by atoms with Crippen LogP contribution in [0.15, 0.2) is 30.6 Å². The molecule has 1 aromatic heterocycles. The molecule has 3 rings (SSSR count). The first-order valence-electron chi connectivity index (χ1n) is 5.97. The fourth-order valence-electron chi connectivity index (χ4n) is 2.04. The number of benzene rings is 1. The molecule has 0 atom stereocenters. The fourth-order valence-corrected chi connectivity index (χ4v) is 2.22. The Morgan fingerprint density at radius 1 is 1.24 bits per heavy atom. The number of carbonyl (C=O) groups is 1. The quantitative estimate of drug-likeness (QED) is 0.901. The molecule has 0 radical (unpaired) electrons. The molecular formula is C12H14Cl3N5O. The van der Waals surface area contributed by atoms with Crippen LogP contribution in [0.5, 0.6) is 0 Å². The van der Waals surface area contributed by atoms with Gasteiger partial charge in [0.25, 0.3) is 5.91 Å². The summed E-state index contributed by atoms with van der Waals surface area (Å²) in [7, 11) is 0. The summed E-state index contributed by atoms with van der Waals surface area (Å²) < 4.78 is 0. The van der Waals surface area contributed by atoms with E-state index in [0.717, 1.165) is 13.0 Å².